The predicted molar refractivity (Wildman–Crippen MR) is 99.3 cm³/mol. The number of hydrogen-bond donors (Lipinski definition) is 1. The number of thiazole rings is 1. The zero-order valence-corrected chi connectivity index (χ0v) is 15.4. The lowest BCUT2D eigenvalue weighted by Gasteiger charge is -2.08. The van der Waals surface area contributed by atoms with Gasteiger partial charge in [0.25, 0.3) is 5.69 Å². The van der Waals surface area contributed by atoms with Gasteiger partial charge in [0.15, 0.2) is 5.13 Å². The van der Waals surface area contributed by atoms with Crippen LogP contribution in [0.3, 0.4) is 0 Å². The molecule has 26 heavy (non-hydrogen) atoms. The molecule has 0 bridgehead atoms. The number of aromatic nitrogens is 1. The monoisotopic (exact) mass is 445 g/mol. The van der Waals surface area contributed by atoms with Crippen molar-refractivity contribution in [2.45, 2.75) is 6.18 Å². The van der Waals surface area contributed by atoms with E-state index in [-0.39, 0.29) is 28.4 Å². The zero-order chi connectivity index (χ0) is 18.0. The van der Waals surface area contributed by atoms with E-state index in [4.69, 9.17) is 0 Å². The molecular formula is C16H11BrF3N3O2S. The molecule has 0 aliphatic heterocycles. The van der Waals surface area contributed by atoms with Crippen LogP contribution in [0.25, 0.3) is 11.3 Å². The normalized spacial score (nSPS) is 10.9. The van der Waals surface area contributed by atoms with Gasteiger partial charge in [-0.3, -0.25) is 10.1 Å². The molecule has 0 saturated carbocycles. The average Bonchev–Trinajstić information content (AvgIpc) is 3.03. The molecule has 10 heteroatoms. The van der Waals surface area contributed by atoms with Gasteiger partial charge in [-0.15, -0.1) is 28.3 Å². The van der Waals surface area contributed by atoms with Crippen LogP contribution in [0.5, 0.6) is 0 Å². The van der Waals surface area contributed by atoms with E-state index >= 15 is 0 Å². The van der Waals surface area contributed by atoms with Gasteiger partial charge >= 0.3 is 6.18 Å². The van der Waals surface area contributed by atoms with Gasteiger partial charge in [0.2, 0.25) is 0 Å². The highest BCUT2D eigenvalue weighted by Gasteiger charge is 2.30. The molecule has 0 amide bonds. The summed E-state index contributed by atoms with van der Waals surface area (Å²) in [6, 6.07) is 10.7. The van der Waals surface area contributed by atoms with E-state index in [1.165, 1.54) is 35.6 Å². The molecule has 3 rings (SSSR count). The number of nitro groups is 1. The molecule has 0 spiro atoms. The molecule has 0 atom stereocenters. The van der Waals surface area contributed by atoms with E-state index in [0.29, 0.717) is 16.4 Å². The van der Waals surface area contributed by atoms with Gasteiger partial charge in [0.05, 0.1) is 16.2 Å². The van der Waals surface area contributed by atoms with Crippen LogP contribution >= 0.6 is 28.3 Å². The first-order valence-corrected chi connectivity index (χ1v) is 7.85. The first kappa shape index (κ1) is 19.9. The molecule has 5 nitrogen and oxygen atoms in total. The first-order chi connectivity index (χ1) is 11.8. The summed E-state index contributed by atoms with van der Waals surface area (Å²) in [6.45, 7) is 0. The minimum absolute atomic E-state index is 0. The molecule has 1 N–H and O–H groups in total. The molecule has 2 aromatic carbocycles. The summed E-state index contributed by atoms with van der Waals surface area (Å²) in [5, 5.41) is 15.6. The van der Waals surface area contributed by atoms with Gasteiger partial charge in [-0.1, -0.05) is 6.07 Å². The van der Waals surface area contributed by atoms with Crippen LogP contribution in [0.15, 0.2) is 53.9 Å². The Bertz CT molecular complexity index is 914. The summed E-state index contributed by atoms with van der Waals surface area (Å²) in [6.07, 6.45) is -4.41. The van der Waals surface area contributed by atoms with Crippen molar-refractivity contribution >= 4 is 44.8 Å². The number of rotatable bonds is 4. The topological polar surface area (TPSA) is 68.1 Å². The van der Waals surface area contributed by atoms with Crippen LogP contribution in [0, 0.1) is 10.1 Å². The van der Waals surface area contributed by atoms with Crippen molar-refractivity contribution in [1.82, 2.24) is 4.98 Å². The average molecular weight is 446 g/mol. The number of hydrogen-bond acceptors (Lipinski definition) is 5. The summed E-state index contributed by atoms with van der Waals surface area (Å²) in [5.41, 5.74) is 0.763. The zero-order valence-electron chi connectivity index (χ0n) is 12.9. The van der Waals surface area contributed by atoms with Crippen molar-refractivity contribution in [3.05, 3.63) is 69.6 Å². The lowest BCUT2D eigenvalue weighted by molar-refractivity contribution is -0.384. The Morgan fingerprint density at radius 3 is 2.42 bits per heavy atom. The van der Waals surface area contributed by atoms with E-state index in [9.17, 15) is 23.3 Å². The van der Waals surface area contributed by atoms with Crippen molar-refractivity contribution in [1.29, 1.82) is 0 Å². The third-order valence-corrected chi connectivity index (χ3v) is 4.08. The molecule has 0 aliphatic rings. The lowest BCUT2D eigenvalue weighted by Crippen LogP contribution is -2.05. The van der Waals surface area contributed by atoms with Crippen molar-refractivity contribution in [3.63, 3.8) is 0 Å². The van der Waals surface area contributed by atoms with Gasteiger partial charge in [-0.2, -0.15) is 13.2 Å². The molecule has 3 aromatic rings. The SMILES string of the molecule is Br.O=[N+]([O-])c1ccc(-c2csc(Nc3cccc(C(F)(F)F)c3)n2)cc1. The van der Waals surface area contributed by atoms with Crippen molar-refractivity contribution in [3.8, 4) is 11.3 Å². The quantitative estimate of drug-likeness (QED) is 0.391. The van der Waals surface area contributed by atoms with Crippen molar-refractivity contribution in [2.24, 2.45) is 0 Å². The van der Waals surface area contributed by atoms with Crippen LogP contribution < -0.4 is 5.32 Å². The molecule has 1 heterocycles. The third kappa shape index (κ3) is 4.58. The number of anilines is 2. The lowest BCUT2D eigenvalue weighted by atomic mass is 10.1. The Kier molecular flexibility index (Phi) is 5.98. The van der Waals surface area contributed by atoms with Crippen molar-refractivity contribution < 1.29 is 18.1 Å². The van der Waals surface area contributed by atoms with Gasteiger partial charge < -0.3 is 5.32 Å². The Hall–Kier alpha value is -2.46. The fourth-order valence-corrected chi connectivity index (χ4v) is 2.85. The number of benzene rings is 2. The van der Waals surface area contributed by atoms with Gasteiger partial charge in [-0.25, -0.2) is 4.98 Å². The molecule has 0 saturated heterocycles. The number of nitrogens with one attached hydrogen (secondary N) is 1. The number of nitrogens with zero attached hydrogens (tertiary/aromatic N) is 2. The van der Waals surface area contributed by atoms with Crippen LogP contribution in [0.2, 0.25) is 0 Å². The van der Waals surface area contributed by atoms with Gasteiger partial charge in [-0.05, 0) is 30.3 Å². The number of nitro benzene ring substituents is 1. The largest absolute Gasteiger partial charge is 0.416 e. The minimum Gasteiger partial charge on any atom is -0.332 e. The van der Waals surface area contributed by atoms with Crippen LogP contribution in [0.4, 0.5) is 29.7 Å². The Labute approximate surface area is 160 Å². The molecule has 136 valence electrons. The van der Waals surface area contributed by atoms with Crippen LogP contribution in [-0.4, -0.2) is 9.91 Å². The van der Waals surface area contributed by atoms with Crippen LogP contribution in [0.1, 0.15) is 5.56 Å². The van der Waals surface area contributed by atoms with E-state index in [1.54, 1.807) is 17.5 Å². The van der Waals surface area contributed by atoms with E-state index < -0.39 is 16.7 Å². The fourth-order valence-electron chi connectivity index (χ4n) is 2.11. The predicted octanol–water partition coefficient (Wildman–Crippen LogP) is 6.06. The number of alkyl halides is 3. The second-order valence-electron chi connectivity index (χ2n) is 5.05. The molecule has 1 aromatic heterocycles. The first-order valence-electron chi connectivity index (χ1n) is 6.97. The van der Waals surface area contributed by atoms with E-state index in [1.807, 2.05) is 0 Å². The fraction of sp³-hybridized carbons (Fsp3) is 0.0625. The van der Waals surface area contributed by atoms with Gasteiger partial charge in [0, 0.05) is 28.8 Å². The molecule has 0 unspecified atom stereocenters. The number of non-ortho nitro benzene ring substituents is 1. The highest BCUT2D eigenvalue weighted by Crippen LogP contribution is 2.32. The summed E-state index contributed by atoms with van der Waals surface area (Å²) in [5.74, 6) is 0. The Balaban J connectivity index is 0.00000243. The Morgan fingerprint density at radius 2 is 1.81 bits per heavy atom. The smallest absolute Gasteiger partial charge is 0.332 e. The standard InChI is InChI=1S/C16H10F3N3O2S.BrH/c17-16(18,19)11-2-1-3-12(8-11)20-15-21-14(9-25-15)10-4-6-13(7-5-10)22(23)24;/h1-9H,(H,20,21);1H. The summed E-state index contributed by atoms with van der Waals surface area (Å²) in [7, 11) is 0. The second kappa shape index (κ2) is 7.83. The number of halogens is 4. The minimum atomic E-state index is -4.41. The van der Waals surface area contributed by atoms with Gasteiger partial charge in [0.1, 0.15) is 0 Å². The molecular weight excluding hydrogens is 435 g/mol. The molecule has 0 aliphatic carbocycles. The second-order valence-corrected chi connectivity index (χ2v) is 5.90. The molecule has 0 fully saturated rings. The maximum Gasteiger partial charge on any atom is 0.416 e. The Morgan fingerprint density at radius 1 is 1.12 bits per heavy atom. The maximum absolute atomic E-state index is 12.7. The summed E-state index contributed by atoms with van der Waals surface area (Å²) >= 11 is 1.23. The summed E-state index contributed by atoms with van der Waals surface area (Å²) < 4.78 is 38.2. The molecule has 0 radical (unpaired) electrons. The summed E-state index contributed by atoms with van der Waals surface area (Å²) in [4.78, 5) is 14.5. The highest BCUT2D eigenvalue weighted by atomic mass is 79.9. The van der Waals surface area contributed by atoms with E-state index in [0.717, 1.165) is 12.1 Å². The highest BCUT2D eigenvalue weighted by molar-refractivity contribution is 8.93. The van der Waals surface area contributed by atoms with Crippen molar-refractivity contribution in [2.75, 3.05) is 5.32 Å². The van der Waals surface area contributed by atoms with Crippen LogP contribution in [-0.2, 0) is 6.18 Å². The van der Waals surface area contributed by atoms with E-state index in [2.05, 4.69) is 10.3 Å². The maximum atomic E-state index is 12.7. The third-order valence-electron chi connectivity index (χ3n) is 3.32.